The van der Waals surface area contributed by atoms with Crippen LogP contribution in [0.25, 0.3) is 0 Å². The van der Waals surface area contributed by atoms with Crippen molar-refractivity contribution in [2.75, 3.05) is 10.6 Å². The zero-order chi connectivity index (χ0) is 17.7. The number of nitro groups is 1. The van der Waals surface area contributed by atoms with Gasteiger partial charge >= 0.3 is 0 Å². The Balaban J connectivity index is 2.14. The summed E-state index contributed by atoms with van der Waals surface area (Å²) in [6, 6.07) is 11.0. The van der Waals surface area contributed by atoms with Crippen molar-refractivity contribution in [2.45, 2.75) is 20.3 Å². The Labute approximate surface area is 138 Å². The van der Waals surface area contributed by atoms with E-state index in [4.69, 9.17) is 0 Å². The van der Waals surface area contributed by atoms with Gasteiger partial charge in [-0.05, 0) is 37.3 Å². The summed E-state index contributed by atoms with van der Waals surface area (Å²) in [5.74, 6) is -0.527. The number of amides is 2. The second kappa shape index (κ2) is 7.36. The minimum absolute atomic E-state index is 0.0970. The van der Waals surface area contributed by atoms with E-state index in [-0.39, 0.29) is 17.2 Å². The van der Waals surface area contributed by atoms with E-state index in [0.717, 1.165) is 0 Å². The van der Waals surface area contributed by atoms with E-state index in [2.05, 4.69) is 10.6 Å². The van der Waals surface area contributed by atoms with E-state index in [1.807, 2.05) is 0 Å². The summed E-state index contributed by atoms with van der Waals surface area (Å²) >= 11 is 0. The molecule has 0 radical (unpaired) electrons. The molecule has 0 atom stereocenters. The minimum Gasteiger partial charge on any atom is -0.326 e. The molecule has 2 aromatic rings. The lowest BCUT2D eigenvalue weighted by atomic mass is 10.1. The standard InChI is InChI=1S/C17H17N3O4/c1-3-16(21)18-12-7-9-13(10-8-12)19-17(22)14-5-4-6-15(11(14)2)20(23)24/h4-10H,3H2,1-2H3,(H,18,21)(H,19,22). The van der Waals surface area contributed by atoms with Crippen molar-refractivity contribution in [3.63, 3.8) is 0 Å². The van der Waals surface area contributed by atoms with Gasteiger partial charge in [0.1, 0.15) is 0 Å². The van der Waals surface area contributed by atoms with Crippen LogP contribution in [-0.4, -0.2) is 16.7 Å². The van der Waals surface area contributed by atoms with E-state index >= 15 is 0 Å². The van der Waals surface area contributed by atoms with Crippen molar-refractivity contribution in [3.8, 4) is 0 Å². The van der Waals surface area contributed by atoms with Crippen LogP contribution in [0.15, 0.2) is 42.5 Å². The van der Waals surface area contributed by atoms with Crippen LogP contribution in [0.2, 0.25) is 0 Å². The van der Waals surface area contributed by atoms with Gasteiger partial charge in [-0.3, -0.25) is 19.7 Å². The van der Waals surface area contributed by atoms with Crippen molar-refractivity contribution >= 4 is 28.9 Å². The molecule has 0 aliphatic heterocycles. The van der Waals surface area contributed by atoms with Gasteiger partial charge in [0.15, 0.2) is 0 Å². The number of nitrogens with zero attached hydrogens (tertiary/aromatic N) is 1. The number of nitrogens with one attached hydrogen (secondary N) is 2. The Morgan fingerprint density at radius 2 is 1.62 bits per heavy atom. The highest BCUT2D eigenvalue weighted by atomic mass is 16.6. The topological polar surface area (TPSA) is 101 Å². The lowest BCUT2D eigenvalue weighted by molar-refractivity contribution is -0.385. The third kappa shape index (κ3) is 3.95. The fourth-order valence-corrected chi connectivity index (χ4v) is 2.15. The molecule has 0 bridgehead atoms. The van der Waals surface area contributed by atoms with Crippen LogP contribution in [0.4, 0.5) is 17.1 Å². The van der Waals surface area contributed by atoms with E-state index in [1.54, 1.807) is 31.2 Å². The maximum Gasteiger partial charge on any atom is 0.273 e. The summed E-state index contributed by atoms with van der Waals surface area (Å²) in [5, 5.41) is 16.3. The summed E-state index contributed by atoms with van der Waals surface area (Å²) in [6.07, 6.45) is 0.380. The molecule has 2 amide bonds. The predicted octanol–water partition coefficient (Wildman–Crippen LogP) is 3.50. The van der Waals surface area contributed by atoms with Gasteiger partial charge in [0.2, 0.25) is 5.91 Å². The van der Waals surface area contributed by atoms with E-state index in [9.17, 15) is 19.7 Å². The summed E-state index contributed by atoms with van der Waals surface area (Å²) in [4.78, 5) is 34.1. The Kier molecular flexibility index (Phi) is 5.26. The lowest BCUT2D eigenvalue weighted by Crippen LogP contribution is -2.14. The molecule has 2 aromatic carbocycles. The second-order valence-corrected chi connectivity index (χ2v) is 5.14. The minimum atomic E-state index is -0.517. The molecule has 7 nitrogen and oxygen atoms in total. The highest BCUT2D eigenvalue weighted by Crippen LogP contribution is 2.22. The van der Waals surface area contributed by atoms with Crippen LogP contribution in [0.1, 0.15) is 29.3 Å². The molecule has 0 aliphatic rings. The number of nitro benzene ring substituents is 1. The number of carbonyl (C=O) groups is 2. The molecule has 7 heteroatoms. The summed E-state index contributed by atoms with van der Waals surface area (Å²) < 4.78 is 0. The van der Waals surface area contributed by atoms with Crippen molar-refractivity contribution in [2.24, 2.45) is 0 Å². The molecule has 2 rings (SSSR count). The predicted molar refractivity (Wildman–Crippen MR) is 91.1 cm³/mol. The van der Waals surface area contributed by atoms with Crippen molar-refractivity contribution < 1.29 is 14.5 Å². The third-order valence-corrected chi connectivity index (χ3v) is 3.49. The van der Waals surface area contributed by atoms with Gasteiger partial charge in [0.25, 0.3) is 11.6 Å². The Hall–Kier alpha value is -3.22. The zero-order valence-electron chi connectivity index (χ0n) is 13.3. The smallest absolute Gasteiger partial charge is 0.273 e. The first-order chi connectivity index (χ1) is 11.4. The molecule has 0 fully saturated rings. The number of hydrogen-bond donors (Lipinski definition) is 2. The Bertz CT molecular complexity index is 785. The Morgan fingerprint density at radius 3 is 2.17 bits per heavy atom. The summed E-state index contributed by atoms with van der Waals surface area (Å²) in [5.41, 5.74) is 1.62. The van der Waals surface area contributed by atoms with Crippen molar-refractivity contribution in [1.29, 1.82) is 0 Å². The van der Waals surface area contributed by atoms with Crippen molar-refractivity contribution in [3.05, 3.63) is 63.7 Å². The molecule has 24 heavy (non-hydrogen) atoms. The molecule has 0 unspecified atom stereocenters. The largest absolute Gasteiger partial charge is 0.326 e. The second-order valence-electron chi connectivity index (χ2n) is 5.14. The van der Waals surface area contributed by atoms with Crippen LogP contribution in [-0.2, 0) is 4.79 Å². The van der Waals surface area contributed by atoms with Gasteiger partial charge < -0.3 is 10.6 Å². The highest BCUT2D eigenvalue weighted by Gasteiger charge is 2.17. The average Bonchev–Trinajstić information content (AvgIpc) is 2.56. The number of carbonyl (C=O) groups excluding carboxylic acids is 2. The fraction of sp³-hybridized carbons (Fsp3) is 0.176. The molecule has 0 aliphatic carbocycles. The molecule has 0 aromatic heterocycles. The fourth-order valence-electron chi connectivity index (χ4n) is 2.15. The first-order valence-corrected chi connectivity index (χ1v) is 7.37. The summed E-state index contributed by atoms with van der Waals surface area (Å²) in [7, 11) is 0. The van der Waals surface area contributed by atoms with Gasteiger partial charge in [0, 0.05) is 35.0 Å². The molecule has 0 heterocycles. The van der Waals surface area contributed by atoms with Gasteiger partial charge in [-0.15, -0.1) is 0 Å². The normalized spacial score (nSPS) is 10.1. The van der Waals surface area contributed by atoms with E-state index in [1.165, 1.54) is 25.1 Å². The highest BCUT2D eigenvalue weighted by molar-refractivity contribution is 6.06. The maximum atomic E-state index is 12.3. The van der Waals surface area contributed by atoms with E-state index < -0.39 is 10.8 Å². The van der Waals surface area contributed by atoms with E-state index in [0.29, 0.717) is 23.4 Å². The summed E-state index contributed by atoms with van der Waals surface area (Å²) in [6.45, 7) is 3.29. The molecule has 2 N–H and O–H groups in total. The van der Waals surface area contributed by atoms with Gasteiger partial charge in [-0.1, -0.05) is 13.0 Å². The van der Waals surface area contributed by atoms with Gasteiger partial charge in [-0.25, -0.2) is 0 Å². The molecule has 124 valence electrons. The average molecular weight is 327 g/mol. The number of anilines is 2. The maximum absolute atomic E-state index is 12.3. The molecule has 0 saturated carbocycles. The molecular formula is C17H17N3O4. The van der Waals surface area contributed by atoms with Crippen LogP contribution >= 0.6 is 0 Å². The molecular weight excluding hydrogens is 310 g/mol. The number of rotatable bonds is 5. The van der Waals surface area contributed by atoms with Crippen LogP contribution < -0.4 is 10.6 Å². The third-order valence-electron chi connectivity index (χ3n) is 3.49. The van der Waals surface area contributed by atoms with Crippen LogP contribution in [0, 0.1) is 17.0 Å². The quantitative estimate of drug-likeness (QED) is 0.648. The first-order valence-electron chi connectivity index (χ1n) is 7.37. The molecule has 0 saturated heterocycles. The van der Waals surface area contributed by atoms with Gasteiger partial charge in [0.05, 0.1) is 4.92 Å². The Morgan fingerprint density at radius 1 is 1.04 bits per heavy atom. The zero-order valence-corrected chi connectivity index (χ0v) is 13.3. The monoisotopic (exact) mass is 327 g/mol. The first kappa shape index (κ1) is 17.1. The number of hydrogen-bond acceptors (Lipinski definition) is 4. The number of benzene rings is 2. The van der Waals surface area contributed by atoms with Gasteiger partial charge in [-0.2, -0.15) is 0 Å². The van der Waals surface area contributed by atoms with Crippen LogP contribution in [0.5, 0.6) is 0 Å². The molecule has 0 spiro atoms. The SMILES string of the molecule is CCC(=O)Nc1ccc(NC(=O)c2cccc([N+](=O)[O-])c2C)cc1. The van der Waals surface area contributed by atoms with Crippen LogP contribution in [0.3, 0.4) is 0 Å². The lowest BCUT2D eigenvalue weighted by Gasteiger charge is -2.09. The van der Waals surface area contributed by atoms with Crippen molar-refractivity contribution in [1.82, 2.24) is 0 Å².